The van der Waals surface area contributed by atoms with E-state index in [-0.39, 0.29) is 22.7 Å². The Balaban J connectivity index is 2.36. The quantitative estimate of drug-likeness (QED) is 0.628. The molecule has 0 aliphatic carbocycles. The number of aromatic nitrogens is 3. The third-order valence-electron chi connectivity index (χ3n) is 4.40. The summed E-state index contributed by atoms with van der Waals surface area (Å²) in [6.45, 7) is 7.75. The molecule has 1 atom stereocenters. The molecule has 0 fully saturated rings. The lowest BCUT2D eigenvalue weighted by molar-refractivity contribution is 0.546. The molecule has 0 saturated heterocycles. The summed E-state index contributed by atoms with van der Waals surface area (Å²) in [6.07, 6.45) is 1.59. The average Bonchev–Trinajstić information content (AvgIpc) is 2.89. The maximum atomic E-state index is 14.4. The normalized spacial score (nSPS) is 12.8. The number of aryl methyl sites for hydroxylation is 1. The van der Waals surface area contributed by atoms with Crippen LogP contribution in [0, 0.1) is 30.3 Å². The summed E-state index contributed by atoms with van der Waals surface area (Å²) in [5.74, 6) is -2.60. The SMILES string of the molecule is Cc1cnn2c(N[C@H](C)C(C)C)c(-c3c(F)cc(F)cc3F)c(Cl)nc12. The maximum absolute atomic E-state index is 14.4. The summed E-state index contributed by atoms with van der Waals surface area (Å²) < 4.78 is 43.7. The first-order chi connectivity index (χ1) is 12.2. The van der Waals surface area contributed by atoms with Gasteiger partial charge in [-0.05, 0) is 19.8 Å². The van der Waals surface area contributed by atoms with Gasteiger partial charge < -0.3 is 5.32 Å². The summed E-state index contributed by atoms with van der Waals surface area (Å²) in [6, 6.07) is 1.18. The zero-order chi connectivity index (χ0) is 19.2. The molecule has 1 N–H and O–H groups in total. The monoisotopic (exact) mass is 382 g/mol. The van der Waals surface area contributed by atoms with Gasteiger partial charge in [0.15, 0.2) is 5.65 Å². The molecule has 8 heteroatoms. The third-order valence-corrected chi connectivity index (χ3v) is 4.67. The van der Waals surface area contributed by atoms with Gasteiger partial charge in [-0.25, -0.2) is 18.2 Å². The molecule has 2 heterocycles. The van der Waals surface area contributed by atoms with Crippen molar-refractivity contribution in [3.05, 3.63) is 46.5 Å². The Morgan fingerprint density at radius 2 is 1.69 bits per heavy atom. The topological polar surface area (TPSA) is 42.2 Å². The van der Waals surface area contributed by atoms with Gasteiger partial charge in [-0.3, -0.25) is 0 Å². The van der Waals surface area contributed by atoms with Gasteiger partial charge in [-0.2, -0.15) is 9.61 Å². The zero-order valence-electron chi connectivity index (χ0n) is 14.7. The molecule has 0 aliphatic rings. The molecule has 4 nitrogen and oxygen atoms in total. The van der Waals surface area contributed by atoms with Crippen LogP contribution in [0.3, 0.4) is 0 Å². The summed E-state index contributed by atoms with van der Waals surface area (Å²) >= 11 is 6.30. The fourth-order valence-electron chi connectivity index (χ4n) is 2.59. The molecule has 0 radical (unpaired) electrons. The molecule has 3 aromatic rings. The van der Waals surface area contributed by atoms with Crippen molar-refractivity contribution >= 4 is 23.1 Å². The smallest absolute Gasteiger partial charge is 0.161 e. The second-order valence-corrected chi connectivity index (χ2v) is 6.97. The van der Waals surface area contributed by atoms with E-state index in [1.807, 2.05) is 20.8 Å². The molecular formula is C18H18ClF3N4. The molecule has 0 bridgehead atoms. The molecule has 0 aliphatic heterocycles. The zero-order valence-corrected chi connectivity index (χ0v) is 15.5. The first-order valence-electron chi connectivity index (χ1n) is 8.16. The van der Waals surface area contributed by atoms with E-state index in [1.54, 1.807) is 13.1 Å². The van der Waals surface area contributed by atoms with Crippen molar-refractivity contribution in [3.63, 3.8) is 0 Å². The summed E-state index contributed by atoms with van der Waals surface area (Å²) in [5, 5.41) is 7.38. The predicted octanol–water partition coefficient (Wildman–Crippen LogP) is 5.23. The van der Waals surface area contributed by atoms with Crippen molar-refractivity contribution in [2.45, 2.75) is 33.7 Å². The Morgan fingerprint density at radius 1 is 1.08 bits per heavy atom. The fourth-order valence-corrected chi connectivity index (χ4v) is 2.86. The van der Waals surface area contributed by atoms with Crippen LogP contribution < -0.4 is 5.32 Å². The Kier molecular flexibility index (Phi) is 4.84. The molecule has 0 unspecified atom stereocenters. The van der Waals surface area contributed by atoms with Gasteiger partial charge in [0.25, 0.3) is 0 Å². The van der Waals surface area contributed by atoms with Crippen LogP contribution in [0.5, 0.6) is 0 Å². The molecule has 0 saturated carbocycles. The Labute approximate surface area is 154 Å². The van der Waals surface area contributed by atoms with E-state index in [1.165, 1.54) is 4.52 Å². The van der Waals surface area contributed by atoms with Crippen molar-refractivity contribution < 1.29 is 13.2 Å². The van der Waals surface area contributed by atoms with Crippen molar-refractivity contribution in [1.82, 2.24) is 14.6 Å². The molecule has 3 rings (SSSR count). The molecule has 0 amide bonds. The van der Waals surface area contributed by atoms with Crippen LogP contribution in [0.15, 0.2) is 18.3 Å². The van der Waals surface area contributed by atoms with Crippen LogP contribution in [0.25, 0.3) is 16.8 Å². The van der Waals surface area contributed by atoms with Gasteiger partial charge in [0, 0.05) is 23.7 Å². The van der Waals surface area contributed by atoms with Crippen molar-refractivity contribution in [2.24, 2.45) is 5.92 Å². The van der Waals surface area contributed by atoms with Gasteiger partial charge in [0.1, 0.15) is 28.4 Å². The standard InChI is InChI=1S/C18H18ClF3N4/c1-8(2)10(4)24-18-15(14-12(21)5-11(20)6-13(14)22)16(19)25-17-9(3)7-23-26(17)18/h5-8,10,24H,1-4H3/t10-/m1/s1. The highest BCUT2D eigenvalue weighted by Gasteiger charge is 2.25. The summed E-state index contributed by atoms with van der Waals surface area (Å²) in [7, 11) is 0. The Hall–Kier alpha value is -2.28. The number of nitrogens with one attached hydrogen (secondary N) is 1. The Bertz CT molecular complexity index is 961. The minimum Gasteiger partial charge on any atom is -0.367 e. The van der Waals surface area contributed by atoms with Crippen LogP contribution in [0.1, 0.15) is 26.3 Å². The highest BCUT2D eigenvalue weighted by atomic mass is 35.5. The van der Waals surface area contributed by atoms with Crippen molar-refractivity contribution in [3.8, 4) is 11.1 Å². The third kappa shape index (κ3) is 3.11. The van der Waals surface area contributed by atoms with Gasteiger partial charge in [0.2, 0.25) is 0 Å². The van der Waals surface area contributed by atoms with Gasteiger partial charge in [-0.15, -0.1) is 0 Å². The van der Waals surface area contributed by atoms with Gasteiger partial charge in [-0.1, -0.05) is 25.4 Å². The molecule has 138 valence electrons. The number of benzene rings is 1. The largest absolute Gasteiger partial charge is 0.367 e. The van der Waals surface area contributed by atoms with E-state index < -0.39 is 23.0 Å². The first kappa shape index (κ1) is 18.5. The minimum atomic E-state index is -1.06. The fraction of sp³-hybridized carbons (Fsp3) is 0.333. The lowest BCUT2D eigenvalue weighted by Gasteiger charge is -2.22. The second kappa shape index (κ2) is 6.79. The summed E-state index contributed by atoms with van der Waals surface area (Å²) in [4.78, 5) is 4.23. The molecular weight excluding hydrogens is 365 g/mol. The lowest BCUT2D eigenvalue weighted by atomic mass is 10.0. The molecule has 1 aromatic carbocycles. The van der Waals surface area contributed by atoms with Gasteiger partial charge in [0.05, 0.1) is 17.3 Å². The van der Waals surface area contributed by atoms with Crippen LogP contribution in [-0.2, 0) is 0 Å². The number of nitrogens with zero attached hydrogens (tertiary/aromatic N) is 3. The van der Waals surface area contributed by atoms with E-state index in [0.717, 1.165) is 5.56 Å². The van der Waals surface area contributed by atoms with E-state index >= 15 is 0 Å². The molecule has 26 heavy (non-hydrogen) atoms. The number of fused-ring (bicyclic) bond motifs is 1. The highest BCUT2D eigenvalue weighted by Crippen LogP contribution is 2.38. The number of hydrogen-bond donors (Lipinski definition) is 1. The number of rotatable bonds is 4. The summed E-state index contributed by atoms with van der Waals surface area (Å²) in [5.41, 5.74) is 0.793. The second-order valence-electron chi connectivity index (χ2n) is 6.61. The number of anilines is 1. The molecule has 0 spiro atoms. The van der Waals surface area contributed by atoms with Gasteiger partial charge >= 0.3 is 0 Å². The molecule has 2 aromatic heterocycles. The first-order valence-corrected chi connectivity index (χ1v) is 8.53. The van der Waals surface area contributed by atoms with Crippen LogP contribution in [0.2, 0.25) is 5.15 Å². The van der Waals surface area contributed by atoms with E-state index in [4.69, 9.17) is 11.6 Å². The highest BCUT2D eigenvalue weighted by molar-refractivity contribution is 6.33. The number of halogens is 4. The number of hydrogen-bond acceptors (Lipinski definition) is 3. The van der Waals surface area contributed by atoms with E-state index in [9.17, 15) is 13.2 Å². The van der Waals surface area contributed by atoms with Crippen LogP contribution >= 0.6 is 11.6 Å². The van der Waals surface area contributed by atoms with Crippen molar-refractivity contribution in [1.29, 1.82) is 0 Å². The van der Waals surface area contributed by atoms with E-state index in [2.05, 4.69) is 15.4 Å². The Morgan fingerprint density at radius 3 is 2.27 bits per heavy atom. The maximum Gasteiger partial charge on any atom is 0.161 e. The minimum absolute atomic E-state index is 0.00441. The van der Waals surface area contributed by atoms with Crippen LogP contribution in [0.4, 0.5) is 19.0 Å². The lowest BCUT2D eigenvalue weighted by Crippen LogP contribution is -2.24. The average molecular weight is 383 g/mol. The van der Waals surface area contributed by atoms with E-state index in [0.29, 0.717) is 23.6 Å². The van der Waals surface area contributed by atoms with Crippen LogP contribution in [-0.4, -0.2) is 20.6 Å². The predicted molar refractivity (Wildman–Crippen MR) is 96.0 cm³/mol. The van der Waals surface area contributed by atoms with Crippen molar-refractivity contribution in [2.75, 3.05) is 5.32 Å².